The van der Waals surface area contributed by atoms with Gasteiger partial charge in [-0.05, 0) is 54.5 Å². The number of hydrogen-bond donors (Lipinski definition) is 3. The van der Waals surface area contributed by atoms with Crippen LogP contribution in [0.3, 0.4) is 0 Å². The fourth-order valence-electron chi connectivity index (χ4n) is 3.44. The Hall–Kier alpha value is -2.22. The summed E-state index contributed by atoms with van der Waals surface area (Å²) >= 11 is 0. The summed E-state index contributed by atoms with van der Waals surface area (Å²) in [6.07, 6.45) is 3.90. The maximum absolute atomic E-state index is 12.1. The van der Waals surface area contributed by atoms with E-state index in [1.807, 2.05) is 6.07 Å². The van der Waals surface area contributed by atoms with Crippen molar-refractivity contribution in [3.8, 4) is 0 Å². The lowest BCUT2D eigenvalue weighted by Gasteiger charge is -2.26. The highest BCUT2D eigenvalue weighted by molar-refractivity contribution is 7.89. The van der Waals surface area contributed by atoms with Gasteiger partial charge in [0.1, 0.15) is 0 Å². The highest BCUT2D eigenvalue weighted by Gasteiger charge is 2.19. The Labute approximate surface area is 160 Å². The number of nitrogens with one attached hydrogen (secondary N) is 2. The van der Waals surface area contributed by atoms with Gasteiger partial charge >= 0.3 is 0 Å². The molecule has 1 aliphatic rings. The second kappa shape index (κ2) is 8.65. The highest BCUT2D eigenvalue weighted by Crippen LogP contribution is 2.29. The van der Waals surface area contributed by atoms with Gasteiger partial charge in [-0.3, -0.25) is 4.79 Å². The minimum atomic E-state index is -3.67. The van der Waals surface area contributed by atoms with Crippen molar-refractivity contribution >= 4 is 15.9 Å². The van der Waals surface area contributed by atoms with Gasteiger partial charge in [-0.2, -0.15) is 0 Å². The van der Waals surface area contributed by atoms with E-state index in [2.05, 4.69) is 28.8 Å². The first kappa shape index (κ1) is 19.5. The molecule has 144 valence electrons. The maximum atomic E-state index is 12.1. The Morgan fingerprint density at radius 3 is 2.59 bits per heavy atom. The number of fused-ring (bicyclic) bond motifs is 1. The quantitative estimate of drug-likeness (QED) is 0.672. The summed E-state index contributed by atoms with van der Waals surface area (Å²) in [7, 11) is -3.67. The number of aryl methyl sites for hydroxylation is 1. The van der Waals surface area contributed by atoms with Gasteiger partial charge in [0.05, 0.1) is 11.4 Å². The average molecular weight is 388 g/mol. The molecule has 0 radical (unpaired) electrons. The van der Waals surface area contributed by atoms with Crippen LogP contribution in [-0.2, 0) is 27.7 Å². The average Bonchev–Trinajstić information content (AvgIpc) is 2.66. The van der Waals surface area contributed by atoms with Gasteiger partial charge in [0.25, 0.3) is 0 Å². The van der Waals surface area contributed by atoms with Crippen LogP contribution in [0.5, 0.6) is 0 Å². The first-order valence-corrected chi connectivity index (χ1v) is 10.7. The molecule has 0 bridgehead atoms. The fourth-order valence-corrected chi connectivity index (χ4v) is 3.95. The molecule has 1 aliphatic carbocycles. The van der Waals surface area contributed by atoms with Gasteiger partial charge < -0.3 is 10.6 Å². The molecule has 3 rings (SSSR count). The molecule has 0 saturated heterocycles. The largest absolute Gasteiger partial charge is 0.355 e. The van der Waals surface area contributed by atoms with Crippen molar-refractivity contribution in [1.29, 1.82) is 0 Å². The predicted molar refractivity (Wildman–Crippen MR) is 105 cm³/mol. The first-order chi connectivity index (χ1) is 12.9. The van der Waals surface area contributed by atoms with E-state index in [1.165, 1.54) is 23.3 Å². The molecule has 1 unspecified atom stereocenters. The van der Waals surface area contributed by atoms with Crippen LogP contribution in [0.15, 0.2) is 53.4 Å². The van der Waals surface area contributed by atoms with Crippen molar-refractivity contribution < 1.29 is 13.2 Å². The molecule has 2 aromatic carbocycles. The molecule has 0 spiro atoms. The number of primary sulfonamides is 1. The third-order valence-corrected chi connectivity index (χ3v) is 5.80. The van der Waals surface area contributed by atoms with Crippen LogP contribution in [0.4, 0.5) is 0 Å². The molecule has 0 aromatic heterocycles. The van der Waals surface area contributed by atoms with Crippen LogP contribution in [0, 0.1) is 0 Å². The van der Waals surface area contributed by atoms with E-state index < -0.39 is 10.0 Å². The molecule has 0 fully saturated rings. The minimum Gasteiger partial charge on any atom is -0.355 e. The third kappa shape index (κ3) is 5.38. The molecule has 0 aliphatic heterocycles. The number of carbonyl (C=O) groups is 1. The number of rotatable bonds is 7. The van der Waals surface area contributed by atoms with Gasteiger partial charge in [-0.15, -0.1) is 0 Å². The Morgan fingerprint density at radius 1 is 1.11 bits per heavy atom. The molecule has 1 amide bonds. The number of benzene rings is 2. The second-order valence-electron chi connectivity index (χ2n) is 6.81. The van der Waals surface area contributed by atoms with E-state index in [1.54, 1.807) is 12.1 Å². The number of nitrogens with two attached hydrogens (primary N) is 1. The van der Waals surface area contributed by atoms with E-state index in [0.717, 1.165) is 24.8 Å². The standard InChI is InChI=1S/C20H25N3O3S/c21-27(25,26)17-10-8-15(9-11-17)12-13-22-20(24)14-23-19-7-3-5-16-4-1-2-6-18(16)19/h1-2,4,6,8-11,19,23H,3,5,7,12-14H2,(H,22,24)(H2,21,25,26). The summed E-state index contributed by atoms with van der Waals surface area (Å²) in [6.45, 7) is 0.778. The Bertz CT molecular complexity index is 895. The zero-order chi connectivity index (χ0) is 19.3. The molecule has 0 heterocycles. The number of amides is 1. The summed E-state index contributed by atoms with van der Waals surface area (Å²) in [6, 6.07) is 15.0. The summed E-state index contributed by atoms with van der Waals surface area (Å²) in [5.41, 5.74) is 3.60. The van der Waals surface area contributed by atoms with E-state index in [-0.39, 0.29) is 23.4 Å². The molecule has 27 heavy (non-hydrogen) atoms. The molecular formula is C20H25N3O3S. The van der Waals surface area contributed by atoms with Crippen LogP contribution in [-0.4, -0.2) is 27.4 Å². The molecule has 0 saturated carbocycles. The van der Waals surface area contributed by atoms with Crippen LogP contribution in [0.25, 0.3) is 0 Å². The summed E-state index contributed by atoms with van der Waals surface area (Å²) < 4.78 is 22.5. The SMILES string of the molecule is NS(=O)(=O)c1ccc(CCNC(=O)CNC2CCCc3ccccc32)cc1. The smallest absolute Gasteiger partial charge is 0.238 e. The predicted octanol–water partition coefficient (Wildman–Crippen LogP) is 1.66. The molecule has 6 nitrogen and oxygen atoms in total. The van der Waals surface area contributed by atoms with E-state index >= 15 is 0 Å². The van der Waals surface area contributed by atoms with Crippen LogP contribution in [0.1, 0.15) is 35.6 Å². The molecule has 7 heteroatoms. The normalized spacial score (nSPS) is 16.6. The van der Waals surface area contributed by atoms with Crippen molar-refractivity contribution in [3.63, 3.8) is 0 Å². The molecule has 1 atom stereocenters. The second-order valence-corrected chi connectivity index (χ2v) is 8.37. The highest BCUT2D eigenvalue weighted by atomic mass is 32.2. The zero-order valence-corrected chi connectivity index (χ0v) is 16.0. The number of hydrogen-bond acceptors (Lipinski definition) is 4. The maximum Gasteiger partial charge on any atom is 0.238 e. The zero-order valence-electron chi connectivity index (χ0n) is 15.1. The van der Waals surface area contributed by atoms with Crippen molar-refractivity contribution in [2.45, 2.75) is 36.6 Å². The van der Waals surface area contributed by atoms with E-state index in [9.17, 15) is 13.2 Å². The van der Waals surface area contributed by atoms with Gasteiger partial charge in [0, 0.05) is 12.6 Å². The van der Waals surface area contributed by atoms with Crippen LogP contribution >= 0.6 is 0 Å². The van der Waals surface area contributed by atoms with Crippen molar-refractivity contribution in [1.82, 2.24) is 10.6 Å². The lowest BCUT2D eigenvalue weighted by atomic mass is 9.88. The molecule has 4 N–H and O–H groups in total. The Morgan fingerprint density at radius 2 is 1.85 bits per heavy atom. The van der Waals surface area contributed by atoms with Gasteiger partial charge in [-0.1, -0.05) is 36.4 Å². The van der Waals surface area contributed by atoms with Gasteiger partial charge in [-0.25, -0.2) is 13.6 Å². The summed E-state index contributed by atoms with van der Waals surface area (Å²) in [5, 5.41) is 11.3. The Kier molecular flexibility index (Phi) is 6.26. The first-order valence-electron chi connectivity index (χ1n) is 9.13. The minimum absolute atomic E-state index is 0.0424. The van der Waals surface area contributed by atoms with Crippen LogP contribution < -0.4 is 15.8 Å². The van der Waals surface area contributed by atoms with E-state index in [0.29, 0.717) is 13.0 Å². The monoisotopic (exact) mass is 387 g/mol. The van der Waals surface area contributed by atoms with Crippen molar-refractivity contribution in [2.24, 2.45) is 5.14 Å². The van der Waals surface area contributed by atoms with Gasteiger partial charge in [0.15, 0.2) is 0 Å². The topological polar surface area (TPSA) is 101 Å². The van der Waals surface area contributed by atoms with Crippen molar-refractivity contribution in [3.05, 3.63) is 65.2 Å². The lowest BCUT2D eigenvalue weighted by Crippen LogP contribution is -2.37. The van der Waals surface area contributed by atoms with E-state index in [4.69, 9.17) is 5.14 Å². The van der Waals surface area contributed by atoms with Gasteiger partial charge in [0.2, 0.25) is 15.9 Å². The third-order valence-electron chi connectivity index (χ3n) is 4.87. The molecular weight excluding hydrogens is 362 g/mol. The molecule has 2 aromatic rings. The lowest BCUT2D eigenvalue weighted by molar-refractivity contribution is -0.120. The summed E-state index contributed by atoms with van der Waals surface area (Å²) in [5.74, 6) is -0.0424. The summed E-state index contributed by atoms with van der Waals surface area (Å²) in [4.78, 5) is 12.2. The van der Waals surface area contributed by atoms with Crippen molar-refractivity contribution in [2.75, 3.05) is 13.1 Å². The van der Waals surface area contributed by atoms with Crippen LogP contribution in [0.2, 0.25) is 0 Å². The Balaban J connectivity index is 1.43. The fraction of sp³-hybridized carbons (Fsp3) is 0.350. The number of carbonyl (C=O) groups excluding carboxylic acids is 1. The number of sulfonamides is 1.